The second-order valence-corrected chi connectivity index (χ2v) is 7.77. The van der Waals surface area contributed by atoms with Crippen LogP contribution >= 0.6 is 0 Å². The molecular weight excluding hydrogens is 356 g/mol. The van der Waals surface area contributed by atoms with Crippen molar-refractivity contribution >= 4 is 17.6 Å². The smallest absolute Gasteiger partial charge is 0.315 e. The van der Waals surface area contributed by atoms with Crippen molar-refractivity contribution in [2.75, 3.05) is 44.7 Å². The Kier molecular flexibility index (Phi) is 7.54. The number of urea groups is 1. The van der Waals surface area contributed by atoms with Gasteiger partial charge in [-0.1, -0.05) is 6.07 Å². The maximum absolute atomic E-state index is 12.3. The molecule has 0 spiro atoms. The SMILES string of the molecule is COc1cccc(N2C[C@@H](NC(=O)NCCC[NH+]3CCCCCC3)CC2=O)c1. The van der Waals surface area contributed by atoms with E-state index in [4.69, 9.17) is 4.74 Å². The summed E-state index contributed by atoms with van der Waals surface area (Å²) in [5.41, 5.74) is 0.800. The van der Waals surface area contributed by atoms with E-state index in [0.717, 1.165) is 18.7 Å². The molecule has 3 rings (SSSR count). The maximum atomic E-state index is 12.3. The summed E-state index contributed by atoms with van der Waals surface area (Å²) in [6, 6.07) is 7.08. The zero-order valence-electron chi connectivity index (χ0n) is 16.8. The lowest BCUT2D eigenvalue weighted by Crippen LogP contribution is -3.11. The summed E-state index contributed by atoms with van der Waals surface area (Å²) in [4.78, 5) is 27.9. The van der Waals surface area contributed by atoms with Crippen molar-refractivity contribution in [3.63, 3.8) is 0 Å². The first-order chi connectivity index (χ1) is 13.7. The molecule has 3 amide bonds. The summed E-state index contributed by atoms with van der Waals surface area (Å²) in [5.74, 6) is 0.731. The van der Waals surface area contributed by atoms with Crippen molar-refractivity contribution in [3.8, 4) is 5.75 Å². The summed E-state index contributed by atoms with van der Waals surface area (Å²) in [5, 5.41) is 5.87. The van der Waals surface area contributed by atoms with Gasteiger partial charge in [0.05, 0.1) is 32.8 Å². The molecule has 0 saturated carbocycles. The van der Waals surface area contributed by atoms with Gasteiger partial charge in [-0.15, -0.1) is 0 Å². The van der Waals surface area contributed by atoms with E-state index >= 15 is 0 Å². The third kappa shape index (κ3) is 5.86. The summed E-state index contributed by atoms with van der Waals surface area (Å²) in [6.07, 6.45) is 6.67. The second kappa shape index (κ2) is 10.3. The molecule has 0 bridgehead atoms. The number of benzene rings is 1. The molecule has 1 atom stereocenters. The summed E-state index contributed by atoms with van der Waals surface area (Å²) in [6.45, 7) is 4.80. The van der Waals surface area contributed by atoms with E-state index in [9.17, 15) is 9.59 Å². The van der Waals surface area contributed by atoms with Gasteiger partial charge < -0.3 is 25.2 Å². The van der Waals surface area contributed by atoms with E-state index in [1.165, 1.54) is 38.8 Å². The number of nitrogens with zero attached hydrogens (tertiary/aromatic N) is 1. The van der Waals surface area contributed by atoms with Crippen LogP contribution < -0.4 is 25.2 Å². The van der Waals surface area contributed by atoms with Gasteiger partial charge in [0.15, 0.2) is 0 Å². The molecule has 0 radical (unpaired) electrons. The third-order valence-corrected chi connectivity index (χ3v) is 5.63. The molecule has 3 N–H and O–H groups in total. The highest BCUT2D eigenvalue weighted by Crippen LogP contribution is 2.25. The molecule has 2 saturated heterocycles. The molecule has 7 heteroatoms. The molecule has 0 aromatic heterocycles. The van der Waals surface area contributed by atoms with Gasteiger partial charge in [-0.3, -0.25) is 4.79 Å². The number of carbonyl (C=O) groups excluding carboxylic acids is 2. The number of quaternary nitrogens is 1. The molecule has 1 aromatic carbocycles. The lowest BCUT2D eigenvalue weighted by atomic mass is 10.2. The number of anilines is 1. The Morgan fingerprint density at radius 2 is 2.04 bits per heavy atom. The Balaban J connectivity index is 1.38. The zero-order valence-corrected chi connectivity index (χ0v) is 16.8. The van der Waals surface area contributed by atoms with Gasteiger partial charge in [0, 0.05) is 37.7 Å². The Bertz CT molecular complexity index is 659. The van der Waals surface area contributed by atoms with E-state index in [0.29, 0.717) is 25.3 Å². The minimum atomic E-state index is -0.184. The largest absolute Gasteiger partial charge is 0.497 e. The number of likely N-dealkylation sites (tertiary alicyclic amines) is 1. The van der Waals surface area contributed by atoms with Crippen LogP contribution in [0.2, 0.25) is 0 Å². The second-order valence-electron chi connectivity index (χ2n) is 7.77. The Morgan fingerprint density at radius 1 is 1.25 bits per heavy atom. The van der Waals surface area contributed by atoms with Crippen LogP contribution in [-0.4, -0.2) is 57.8 Å². The van der Waals surface area contributed by atoms with Crippen molar-refractivity contribution in [2.24, 2.45) is 0 Å². The summed E-state index contributed by atoms with van der Waals surface area (Å²) < 4.78 is 5.23. The number of amides is 3. The maximum Gasteiger partial charge on any atom is 0.315 e. The zero-order chi connectivity index (χ0) is 19.8. The van der Waals surface area contributed by atoms with Crippen LogP contribution in [0, 0.1) is 0 Å². The van der Waals surface area contributed by atoms with Crippen LogP contribution in [0.25, 0.3) is 0 Å². The predicted molar refractivity (Wildman–Crippen MR) is 109 cm³/mol. The number of nitrogens with one attached hydrogen (secondary N) is 3. The Morgan fingerprint density at radius 3 is 2.79 bits per heavy atom. The first kappa shape index (κ1) is 20.5. The van der Waals surface area contributed by atoms with E-state index < -0.39 is 0 Å². The van der Waals surface area contributed by atoms with E-state index in [1.807, 2.05) is 24.3 Å². The van der Waals surface area contributed by atoms with Crippen LogP contribution in [0.4, 0.5) is 10.5 Å². The molecule has 1 aromatic rings. The molecule has 0 unspecified atom stereocenters. The van der Waals surface area contributed by atoms with E-state index in [-0.39, 0.29) is 18.0 Å². The standard InChI is InChI=1S/C21H32N4O3/c1-28-19-9-6-8-18(15-19)25-16-17(14-20(25)26)23-21(27)22-10-7-13-24-11-4-2-3-5-12-24/h6,8-9,15,17H,2-5,7,10-14,16H2,1H3,(H2,22,23,27)/p+1/t17-/m0/s1. The lowest BCUT2D eigenvalue weighted by molar-refractivity contribution is -0.899. The monoisotopic (exact) mass is 389 g/mol. The molecular formula is C21H33N4O3+. The predicted octanol–water partition coefficient (Wildman–Crippen LogP) is 0.949. The minimum absolute atomic E-state index is 0.0170. The molecule has 0 aliphatic carbocycles. The fourth-order valence-electron chi connectivity index (χ4n) is 4.09. The molecule has 154 valence electrons. The van der Waals surface area contributed by atoms with Gasteiger partial charge in [-0.25, -0.2) is 4.79 Å². The van der Waals surface area contributed by atoms with E-state index in [1.54, 1.807) is 16.9 Å². The van der Waals surface area contributed by atoms with Gasteiger partial charge in [-0.2, -0.15) is 0 Å². The van der Waals surface area contributed by atoms with Crippen molar-refractivity contribution in [2.45, 2.75) is 44.6 Å². The normalized spacial score (nSPS) is 20.7. The lowest BCUT2D eigenvalue weighted by Gasteiger charge is -2.18. The van der Waals surface area contributed by atoms with Gasteiger partial charge in [0.25, 0.3) is 0 Å². The molecule has 2 fully saturated rings. The highest BCUT2D eigenvalue weighted by Gasteiger charge is 2.31. The first-order valence-corrected chi connectivity index (χ1v) is 10.5. The van der Waals surface area contributed by atoms with Crippen LogP contribution in [0.3, 0.4) is 0 Å². The van der Waals surface area contributed by atoms with Crippen LogP contribution in [0.5, 0.6) is 5.75 Å². The molecule has 2 aliphatic heterocycles. The molecule has 2 heterocycles. The van der Waals surface area contributed by atoms with Crippen molar-refractivity contribution < 1.29 is 19.2 Å². The average molecular weight is 390 g/mol. The summed E-state index contributed by atoms with van der Waals surface area (Å²) in [7, 11) is 1.61. The number of ether oxygens (including phenoxy) is 1. The van der Waals surface area contributed by atoms with Gasteiger partial charge in [0.1, 0.15) is 5.75 Å². The van der Waals surface area contributed by atoms with Crippen LogP contribution in [0.15, 0.2) is 24.3 Å². The highest BCUT2D eigenvalue weighted by molar-refractivity contribution is 5.97. The molecule has 28 heavy (non-hydrogen) atoms. The average Bonchev–Trinajstić information content (AvgIpc) is 2.90. The third-order valence-electron chi connectivity index (χ3n) is 5.63. The van der Waals surface area contributed by atoms with E-state index in [2.05, 4.69) is 10.6 Å². The fraction of sp³-hybridized carbons (Fsp3) is 0.619. The number of rotatable bonds is 7. The quantitative estimate of drug-likeness (QED) is 0.608. The highest BCUT2D eigenvalue weighted by atomic mass is 16.5. The molecule has 2 aliphatic rings. The van der Waals surface area contributed by atoms with Gasteiger partial charge >= 0.3 is 6.03 Å². The van der Waals surface area contributed by atoms with Gasteiger partial charge in [-0.05, 0) is 37.8 Å². The number of hydrogen-bond donors (Lipinski definition) is 3. The minimum Gasteiger partial charge on any atom is -0.497 e. The Labute approximate surface area is 167 Å². The fourth-order valence-corrected chi connectivity index (χ4v) is 4.09. The van der Waals surface area contributed by atoms with Crippen LogP contribution in [-0.2, 0) is 4.79 Å². The van der Waals surface area contributed by atoms with Crippen molar-refractivity contribution in [1.29, 1.82) is 0 Å². The first-order valence-electron chi connectivity index (χ1n) is 10.5. The Hall–Kier alpha value is -2.28. The summed E-state index contributed by atoms with van der Waals surface area (Å²) >= 11 is 0. The number of hydrogen-bond acceptors (Lipinski definition) is 3. The molecule has 7 nitrogen and oxygen atoms in total. The van der Waals surface area contributed by atoms with Crippen molar-refractivity contribution in [3.05, 3.63) is 24.3 Å². The van der Waals surface area contributed by atoms with Gasteiger partial charge in [0.2, 0.25) is 5.91 Å². The topological polar surface area (TPSA) is 75.1 Å². The van der Waals surface area contributed by atoms with Crippen LogP contribution in [0.1, 0.15) is 38.5 Å². The van der Waals surface area contributed by atoms with Crippen molar-refractivity contribution in [1.82, 2.24) is 10.6 Å². The number of methoxy groups -OCH3 is 1. The number of carbonyl (C=O) groups is 2.